The lowest BCUT2D eigenvalue weighted by atomic mass is 10.0. The third-order valence-corrected chi connectivity index (χ3v) is 5.31. The van der Waals surface area contributed by atoms with Gasteiger partial charge in [-0.3, -0.25) is 9.59 Å². The first-order valence-electron chi connectivity index (χ1n) is 8.55. The van der Waals surface area contributed by atoms with Gasteiger partial charge in [0.15, 0.2) is 11.2 Å². The monoisotopic (exact) mass is 375 g/mol. The van der Waals surface area contributed by atoms with Crippen molar-refractivity contribution < 1.29 is 9.21 Å². The van der Waals surface area contributed by atoms with Crippen LogP contribution < -0.4 is 10.7 Å². The molecule has 0 saturated carbocycles. The van der Waals surface area contributed by atoms with E-state index in [9.17, 15) is 9.59 Å². The summed E-state index contributed by atoms with van der Waals surface area (Å²) < 4.78 is 5.67. The first kappa shape index (κ1) is 17.2. The lowest BCUT2D eigenvalue weighted by Gasteiger charge is -2.18. The number of nitrogens with one attached hydrogen (secondary N) is 1. The maximum atomic E-state index is 12.8. The molecule has 0 aliphatic carbocycles. The third-order valence-electron chi connectivity index (χ3n) is 4.37. The standard InChI is InChI=1S/C22H17NO3S/c1-14-8-10-15(11-9-14)21(20-7-4-12-27-20)23-22(25)19-13-17(24)16-5-2-3-6-18(16)26-19/h2-13,21H,1H3,(H,23,25)/t21-/m1/s1. The number of carbonyl (C=O) groups excluding carboxylic acids is 1. The molecule has 4 rings (SSSR count). The van der Waals surface area contributed by atoms with Crippen molar-refractivity contribution in [2.75, 3.05) is 0 Å². The second-order valence-corrected chi connectivity index (χ2v) is 7.28. The van der Waals surface area contributed by atoms with E-state index in [1.54, 1.807) is 35.6 Å². The number of carbonyl (C=O) groups is 1. The van der Waals surface area contributed by atoms with Gasteiger partial charge in [-0.15, -0.1) is 11.3 Å². The Balaban J connectivity index is 1.70. The second-order valence-electron chi connectivity index (χ2n) is 6.30. The quantitative estimate of drug-likeness (QED) is 0.563. The fourth-order valence-corrected chi connectivity index (χ4v) is 3.75. The van der Waals surface area contributed by atoms with Gasteiger partial charge in [0, 0.05) is 10.9 Å². The zero-order valence-electron chi connectivity index (χ0n) is 14.6. The highest BCUT2D eigenvalue weighted by molar-refractivity contribution is 7.10. The minimum Gasteiger partial charge on any atom is -0.451 e. The van der Waals surface area contributed by atoms with E-state index in [1.165, 1.54) is 6.07 Å². The van der Waals surface area contributed by atoms with Gasteiger partial charge in [-0.2, -0.15) is 0 Å². The topological polar surface area (TPSA) is 59.3 Å². The predicted octanol–water partition coefficient (Wildman–Crippen LogP) is 4.68. The summed E-state index contributed by atoms with van der Waals surface area (Å²) in [4.78, 5) is 26.1. The highest BCUT2D eigenvalue weighted by Gasteiger charge is 2.21. The molecule has 5 heteroatoms. The summed E-state index contributed by atoms with van der Waals surface area (Å²) in [7, 11) is 0. The molecule has 27 heavy (non-hydrogen) atoms. The Hall–Kier alpha value is -3.18. The number of benzene rings is 2. The van der Waals surface area contributed by atoms with Crippen molar-refractivity contribution in [1.82, 2.24) is 5.32 Å². The molecule has 0 spiro atoms. The first-order valence-corrected chi connectivity index (χ1v) is 9.43. The fourth-order valence-electron chi connectivity index (χ4n) is 2.95. The number of fused-ring (bicyclic) bond motifs is 1. The highest BCUT2D eigenvalue weighted by atomic mass is 32.1. The molecule has 2 aromatic heterocycles. The van der Waals surface area contributed by atoms with Crippen molar-refractivity contribution in [1.29, 1.82) is 0 Å². The van der Waals surface area contributed by atoms with Crippen molar-refractivity contribution in [3.63, 3.8) is 0 Å². The maximum Gasteiger partial charge on any atom is 0.287 e. The van der Waals surface area contributed by atoms with Gasteiger partial charge in [-0.1, -0.05) is 48.0 Å². The van der Waals surface area contributed by atoms with E-state index in [0.717, 1.165) is 16.0 Å². The summed E-state index contributed by atoms with van der Waals surface area (Å²) in [6.45, 7) is 2.02. The number of hydrogen-bond acceptors (Lipinski definition) is 4. The average Bonchev–Trinajstić information content (AvgIpc) is 3.21. The van der Waals surface area contributed by atoms with Crippen LogP contribution >= 0.6 is 11.3 Å². The van der Waals surface area contributed by atoms with Crippen LogP contribution in [0.2, 0.25) is 0 Å². The van der Waals surface area contributed by atoms with Crippen molar-refractivity contribution in [3.8, 4) is 0 Å². The summed E-state index contributed by atoms with van der Waals surface area (Å²) in [5.41, 5.74) is 2.29. The normalized spacial score (nSPS) is 12.0. The van der Waals surface area contributed by atoms with Crippen LogP contribution in [0, 0.1) is 6.92 Å². The Morgan fingerprint density at radius 1 is 1.04 bits per heavy atom. The highest BCUT2D eigenvalue weighted by Crippen LogP contribution is 2.27. The van der Waals surface area contributed by atoms with E-state index in [4.69, 9.17) is 4.42 Å². The lowest BCUT2D eigenvalue weighted by Crippen LogP contribution is -2.29. The Labute approximate surface area is 160 Å². The van der Waals surface area contributed by atoms with Gasteiger partial charge in [-0.25, -0.2) is 0 Å². The predicted molar refractivity (Wildman–Crippen MR) is 107 cm³/mol. The lowest BCUT2D eigenvalue weighted by molar-refractivity contribution is 0.0916. The zero-order chi connectivity index (χ0) is 18.8. The van der Waals surface area contributed by atoms with Gasteiger partial charge in [0.1, 0.15) is 5.58 Å². The van der Waals surface area contributed by atoms with E-state index < -0.39 is 5.91 Å². The van der Waals surface area contributed by atoms with E-state index in [0.29, 0.717) is 11.0 Å². The number of aryl methyl sites for hydroxylation is 1. The SMILES string of the molecule is Cc1ccc([C@@H](NC(=O)c2cc(=O)c3ccccc3o2)c2cccs2)cc1. The van der Waals surface area contributed by atoms with Crippen molar-refractivity contribution >= 4 is 28.2 Å². The van der Waals surface area contributed by atoms with E-state index in [-0.39, 0.29) is 17.2 Å². The average molecular weight is 375 g/mol. The van der Waals surface area contributed by atoms with Gasteiger partial charge in [0.25, 0.3) is 5.91 Å². The first-order chi connectivity index (χ1) is 13.1. The van der Waals surface area contributed by atoms with Crippen LogP contribution in [0.15, 0.2) is 81.3 Å². The zero-order valence-corrected chi connectivity index (χ0v) is 15.5. The Morgan fingerprint density at radius 2 is 1.81 bits per heavy atom. The van der Waals surface area contributed by atoms with Crippen LogP contribution in [-0.2, 0) is 0 Å². The molecule has 0 radical (unpaired) electrons. The molecule has 0 saturated heterocycles. The summed E-state index contributed by atoms with van der Waals surface area (Å²) in [5, 5.41) is 5.43. The molecule has 2 heterocycles. The minimum absolute atomic E-state index is 0.00682. The van der Waals surface area contributed by atoms with Crippen molar-refractivity contribution in [3.05, 3.63) is 104 Å². The number of amides is 1. The van der Waals surface area contributed by atoms with Gasteiger partial charge >= 0.3 is 0 Å². The molecular weight excluding hydrogens is 358 g/mol. The van der Waals surface area contributed by atoms with E-state index in [1.807, 2.05) is 48.7 Å². The smallest absolute Gasteiger partial charge is 0.287 e. The Kier molecular flexibility index (Phi) is 4.60. The Bertz CT molecular complexity index is 1140. The van der Waals surface area contributed by atoms with Crippen LogP contribution in [0.1, 0.15) is 32.6 Å². The molecule has 2 aromatic carbocycles. The molecule has 134 valence electrons. The number of rotatable bonds is 4. The second kappa shape index (κ2) is 7.21. The maximum absolute atomic E-state index is 12.8. The van der Waals surface area contributed by atoms with Crippen LogP contribution in [0.4, 0.5) is 0 Å². The fraction of sp³-hybridized carbons (Fsp3) is 0.0909. The van der Waals surface area contributed by atoms with Crippen molar-refractivity contribution in [2.24, 2.45) is 0 Å². The van der Waals surface area contributed by atoms with Crippen molar-refractivity contribution in [2.45, 2.75) is 13.0 Å². The van der Waals surface area contributed by atoms with E-state index in [2.05, 4.69) is 5.32 Å². The molecule has 0 unspecified atom stereocenters. The van der Waals surface area contributed by atoms with Crippen LogP contribution in [0.5, 0.6) is 0 Å². The van der Waals surface area contributed by atoms with Gasteiger partial charge in [0.2, 0.25) is 0 Å². The van der Waals surface area contributed by atoms with Crippen LogP contribution in [0.25, 0.3) is 11.0 Å². The Morgan fingerprint density at radius 3 is 2.56 bits per heavy atom. The molecule has 1 atom stereocenters. The van der Waals surface area contributed by atoms with E-state index >= 15 is 0 Å². The summed E-state index contributed by atoms with van der Waals surface area (Å²) in [5.74, 6) is -0.413. The van der Waals surface area contributed by atoms with Gasteiger partial charge in [-0.05, 0) is 36.1 Å². The molecule has 0 fully saturated rings. The van der Waals surface area contributed by atoms with Gasteiger partial charge < -0.3 is 9.73 Å². The number of para-hydroxylation sites is 1. The number of thiophene rings is 1. The molecule has 4 nitrogen and oxygen atoms in total. The van der Waals surface area contributed by atoms with Crippen LogP contribution in [0.3, 0.4) is 0 Å². The van der Waals surface area contributed by atoms with Crippen LogP contribution in [-0.4, -0.2) is 5.91 Å². The molecule has 0 aliphatic heterocycles. The summed E-state index contributed by atoms with van der Waals surface area (Å²) >= 11 is 1.57. The minimum atomic E-state index is -0.420. The summed E-state index contributed by atoms with van der Waals surface area (Å²) in [6.07, 6.45) is 0. The molecule has 0 bridgehead atoms. The molecule has 4 aromatic rings. The molecule has 1 amide bonds. The molecular formula is C22H17NO3S. The van der Waals surface area contributed by atoms with Gasteiger partial charge in [0.05, 0.1) is 11.4 Å². The molecule has 0 aliphatic rings. The largest absolute Gasteiger partial charge is 0.451 e. The number of hydrogen-bond donors (Lipinski definition) is 1. The third kappa shape index (κ3) is 3.55. The molecule has 1 N–H and O–H groups in total. The summed E-state index contributed by atoms with van der Waals surface area (Å²) in [6, 6.07) is 19.8.